The maximum absolute atomic E-state index is 12.0. The summed E-state index contributed by atoms with van der Waals surface area (Å²) >= 11 is 0. The topological polar surface area (TPSA) is 61.5 Å². The van der Waals surface area contributed by atoms with Crippen molar-refractivity contribution in [3.05, 3.63) is 0 Å². The number of piperazine rings is 1. The molecule has 1 saturated heterocycles. The van der Waals surface area contributed by atoms with Crippen LogP contribution in [-0.4, -0.2) is 48.4 Å². The highest BCUT2D eigenvalue weighted by Gasteiger charge is 2.35. The van der Waals surface area contributed by atoms with Crippen LogP contribution in [0.2, 0.25) is 0 Å². The van der Waals surface area contributed by atoms with Gasteiger partial charge in [0.15, 0.2) is 0 Å². The van der Waals surface area contributed by atoms with E-state index in [0.29, 0.717) is 19.5 Å². The minimum absolute atomic E-state index is 0.306. The van der Waals surface area contributed by atoms with Crippen molar-refractivity contribution in [3.8, 4) is 0 Å². The van der Waals surface area contributed by atoms with Gasteiger partial charge in [0.05, 0.1) is 0 Å². The summed E-state index contributed by atoms with van der Waals surface area (Å²) in [6.45, 7) is 9.18. The van der Waals surface area contributed by atoms with Gasteiger partial charge in [-0.2, -0.15) is 0 Å². The number of rotatable bonds is 3. The SMILES string of the molecule is CCC([O])N1CCNCC1C(=O)OC(C)(C)C. The lowest BCUT2D eigenvalue weighted by molar-refractivity contribution is -0.170. The van der Waals surface area contributed by atoms with Crippen molar-refractivity contribution in [2.24, 2.45) is 0 Å². The zero-order valence-electron chi connectivity index (χ0n) is 11.2. The Hall–Kier alpha value is -0.650. The molecule has 1 N–H and O–H groups in total. The summed E-state index contributed by atoms with van der Waals surface area (Å²) in [6.07, 6.45) is -0.325. The lowest BCUT2D eigenvalue weighted by atomic mass is 10.1. The standard InChI is InChI=1S/C12H23N2O3/c1-5-10(15)14-7-6-13-8-9(14)11(16)17-12(2,3)4/h9-10,13H,5-8H2,1-4H3. The first-order valence-electron chi connectivity index (χ1n) is 6.20. The minimum atomic E-state index is -0.824. The van der Waals surface area contributed by atoms with Gasteiger partial charge in [-0.3, -0.25) is 9.69 Å². The van der Waals surface area contributed by atoms with Crippen molar-refractivity contribution in [1.82, 2.24) is 10.2 Å². The van der Waals surface area contributed by atoms with E-state index in [1.165, 1.54) is 0 Å². The maximum Gasteiger partial charge on any atom is 0.325 e. The fourth-order valence-corrected chi connectivity index (χ4v) is 1.89. The normalized spacial score (nSPS) is 24.4. The van der Waals surface area contributed by atoms with E-state index in [0.717, 1.165) is 6.54 Å². The van der Waals surface area contributed by atoms with Crippen molar-refractivity contribution < 1.29 is 14.6 Å². The molecule has 5 heteroatoms. The molecule has 5 nitrogen and oxygen atoms in total. The molecule has 99 valence electrons. The highest BCUT2D eigenvalue weighted by atomic mass is 16.6. The molecular weight excluding hydrogens is 220 g/mol. The second-order valence-electron chi connectivity index (χ2n) is 5.35. The van der Waals surface area contributed by atoms with Crippen LogP contribution in [0.5, 0.6) is 0 Å². The number of hydrogen-bond donors (Lipinski definition) is 1. The summed E-state index contributed by atoms with van der Waals surface area (Å²) in [5, 5.41) is 15.0. The molecule has 0 amide bonds. The average Bonchev–Trinajstić information content (AvgIpc) is 2.25. The molecule has 1 radical (unpaired) electrons. The Morgan fingerprint density at radius 1 is 1.53 bits per heavy atom. The minimum Gasteiger partial charge on any atom is -0.459 e. The van der Waals surface area contributed by atoms with Crippen molar-refractivity contribution in [2.75, 3.05) is 19.6 Å². The van der Waals surface area contributed by atoms with E-state index < -0.39 is 17.9 Å². The van der Waals surface area contributed by atoms with Crippen LogP contribution >= 0.6 is 0 Å². The van der Waals surface area contributed by atoms with E-state index in [1.807, 2.05) is 27.7 Å². The van der Waals surface area contributed by atoms with Gasteiger partial charge in [-0.15, -0.1) is 0 Å². The van der Waals surface area contributed by atoms with Crippen LogP contribution in [0.25, 0.3) is 0 Å². The zero-order chi connectivity index (χ0) is 13.1. The molecule has 1 fully saturated rings. The Kier molecular flexibility index (Phi) is 4.91. The summed E-state index contributed by atoms with van der Waals surface area (Å²) < 4.78 is 5.34. The monoisotopic (exact) mass is 243 g/mol. The fourth-order valence-electron chi connectivity index (χ4n) is 1.89. The quantitative estimate of drug-likeness (QED) is 0.744. The third kappa shape index (κ3) is 4.26. The first kappa shape index (κ1) is 14.4. The van der Waals surface area contributed by atoms with Gasteiger partial charge in [-0.05, 0) is 27.2 Å². The Bertz CT molecular complexity index is 263. The van der Waals surface area contributed by atoms with E-state index in [-0.39, 0.29) is 5.97 Å². The lowest BCUT2D eigenvalue weighted by Gasteiger charge is -2.37. The van der Waals surface area contributed by atoms with Gasteiger partial charge in [-0.1, -0.05) is 6.92 Å². The van der Waals surface area contributed by atoms with Crippen molar-refractivity contribution in [1.29, 1.82) is 0 Å². The molecule has 0 aliphatic carbocycles. The molecule has 0 saturated carbocycles. The summed E-state index contributed by atoms with van der Waals surface area (Å²) in [7, 11) is 0. The molecule has 0 aromatic rings. The van der Waals surface area contributed by atoms with Gasteiger partial charge >= 0.3 is 5.97 Å². The number of nitrogens with zero attached hydrogens (tertiary/aromatic N) is 1. The Morgan fingerprint density at radius 2 is 2.18 bits per heavy atom. The van der Waals surface area contributed by atoms with Crippen molar-refractivity contribution in [3.63, 3.8) is 0 Å². The van der Waals surface area contributed by atoms with Crippen LogP contribution in [0.1, 0.15) is 34.1 Å². The predicted molar refractivity (Wildman–Crippen MR) is 64.0 cm³/mol. The van der Waals surface area contributed by atoms with E-state index in [4.69, 9.17) is 4.74 Å². The molecular formula is C12H23N2O3. The molecule has 0 aromatic heterocycles. The highest BCUT2D eigenvalue weighted by molar-refractivity contribution is 5.76. The summed E-state index contributed by atoms with van der Waals surface area (Å²) in [5.41, 5.74) is -0.509. The van der Waals surface area contributed by atoms with Crippen LogP contribution in [0.3, 0.4) is 0 Å². The fraction of sp³-hybridized carbons (Fsp3) is 0.917. The van der Waals surface area contributed by atoms with Gasteiger partial charge in [0.25, 0.3) is 0 Å². The number of carbonyl (C=O) groups is 1. The first-order valence-corrected chi connectivity index (χ1v) is 6.20. The van der Waals surface area contributed by atoms with Crippen LogP contribution in [0.4, 0.5) is 0 Å². The zero-order valence-corrected chi connectivity index (χ0v) is 11.2. The third-order valence-electron chi connectivity index (χ3n) is 2.68. The molecule has 0 aromatic carbocycles. The Balaban J connectivity index is 2.67. The van der Waals surface area contributed by atoms with Gasteiger partial charge < -0.3 is 10.1 Å². The van der Waals surface area contributed by atoms with E-state index in [9.17, 15) is 9.90 Å². The Morgan fingerprint density at radius 3 is 2.71 bits per heavy atom. The van der Waals surface area contributed by atoms with Gasteiger partial charge in [0.2, 0.25) is 0 Å². The third-order valence-corrected chi connectivity index (χ3v) is 2.68. The second-order valence-corrected chi connectivity index (χ2v) is 5.35. The van der Waals surface area contributed by atoms with E-state index in [2.05, 4.69) is 5.32 Å². The smallest absolute Gasteiger partial charge is 0.325 e. The molecule has 2 atom stereocenters. The molecule has 1 heterocycles. The second kappa shape index (κ2) is 5.80. The van der Waals surface area contributed by atoms with Crippen molar-refractivity contribution >= 4 is 5.97 Å². The summed E-state index contributed by atoms with van der Waals surface area (Å²) in [4.78, 5) is 13.7. The molecule has 1 aliphatic heterocycles. The van der Waals surface area contributed by atoms with Crippen LogP contribution in [0.15, 0.2) is 0 Å². The number of esters is 1. The number of hydrogen-bond acceptors (Lipinski definition) is 4. The van der Waals surface area contributed by atoms with E-state index in [1.54, 1.807) is 4.90 Å². The number of nitrogens with one attached hydrogen (secondary N) is 1. The van der Waals surface area contributed by atoms with E-state index >= 15 is 0 Å². The number of ether oxygens (including phenoxy) is 1. The maximum atomic E-state index is 12.0. The first-order chi connectivity index (χ1) is 7.85. The Labute approximate surface area is 103 Å². The molecule has 2 unspecified atom stereocenters. The molecule has 0 spiro atoms. The van der Waals surface area contributed by atoms with Gasteiger partial charge in [0, 0.05) is 19.6 Å². The van der Waals surface area contributed by atoms with Gasteiger partial charge in [0.1, 0.15) is 17.9 Å². The van der Waals surface area contributed by atoms with Crippen molar-refractivity contribution in [2.45, 2.75) is 52.0 Å². The predicted octanol–water partition coefficient (Wildman–Crippen LogP) is 0.768. The molecule has 0 bridgehead atoms. The largest absolute Gasteiger partial charge is 0.459 e. The average molecular weight is 243 g/mol. The summed E-state index contributed by atoms with van der Waals surface area (Å²) in [5.74, 6) is -0.306. The van der Waals surface area contributed by atoms with Crippen LogP contribution < -0.4 is 5.32 Å². The number of carbonyl (C=O) groups excluding carboxylic acids is 1. The van der Waals surface area contributed by atoms with Crippen LogP contribution in [0, 0.1) is 0 Å². The van der Waals surface area contributed by atoms with Gasteiger partial charge in [-0.25, -0.2) is 5.11 Å². The highest BCUT2D eigenvalue weighted by Crippen LogP contribution is 2.15. The molecule has 1 rings (SSSR count). The molecule has 17 heavy (non-hydrogen) atoms. The molecule has 1 aliphatic rings. The summed E-state index contributed by atoms with van der Waals surface area (Å²) in [6, 6.07) is -0.453. The van der Waals surface area contributed by atoms with Crippen LogP contribution in [-0.2, 0) is 14.6 Å². The lowest BCUT2D eigenvalue weighted by Crippen LogP contribution is -2.59.